The SMILES string of the molecule is COc1ccc(-c2sccc2-c2cc(OC)c(OC)c(OC)c2)cc1. The van der Waals surface area contributed by atoms with E-state index in [1.807, 2.05) is 24.3 Å². The molecule has 0 N–H and O–H groups in total. The summed E-state index contributed by atoms with van der Waals surface area (Å²) in [5.74, 6) is 2.72. The summed E-state index contributed by atoms with van der Waals surface area (Å²) in [6, 6.07) is 14.1. The van der Waals surface area contributed by atoms with E-state index in [1.165, 1.54) is 4.88 Å². The van der Waals surface area contributed by atoms with Crippen LogP contribution in [0.25, 0.3) is 21.6 Å². The summed E-state index contributed by atoms with van der Waals surface area (Å²) in [4.78, 5) is 1.18. The Hall–Kier alpha value is -2.66. The van der Waals surface area contributed by atoms with Crippen LogP contribution in [0.15, 0.2) is 47.8 Å². The molecular weight excluding hydrogens is 336 g/mol. The van der Waals surface area contributed by atoms with Crippen molar-refractivity contribution < 1.29 is 18.9 Å². The maximum Gasteiger partial charge on any atom is 0.203 e. The monoisotopic (exact) mass is 356 g/mol. The van der Waals surface area contributed by atoms with Crippen molar-refractivity contribution in [1.29, 1.82) is 0 Å². The van der Waals surface area contributed by atoms with E-state index in [1.54, 1.807) is 39.8 Å². The molecule has 3 aromatic rings. The fourth-order valence-corrected chi connectivity index (χ4v) is 3.66. The minimum atomic E-state index is 0.593. The Morgan fingerprint density at radius 2 is 1.32 bits per heavy atom. The average Bonchev–Trinajstić information content (AvgIpc) is 3.16. The zero-order valence-electron chi connectivity index (χ0n) is 14.7. The number of hydrogen-bond donors (Lipinski definition) is 0. The molecule has 0 amide bonds. The quantitative estimate of drug-likeness (QED) is 0.614. The Labute approximate surface area is 151 Å². The van der Waals surface area contributed by atoms with Crippen LogP contribution in [0.4, 0.5) is 0 Å². The average molecular weight is 356 g/mol. The van der Waals surface area contributed by atoms with Crippen molar-refractivity contribution in [3.63, 3.8) is 0 Å². The topological polar surface area (TPSA) is 36.9 Å². The van der Waals surface area contributed by atoms with E-state index >= 15 is 0 Å². The standard InChI is InChI=1S/C20H20O4S/c1-21-15-7-5-13(6-8-15)20-16(9-10-25-20)14-11-17(22-2)19(24-4)18(12-14)23-3/h5-12H,1-4H3. The summed E-state index contributed by atoms with van der Waals surface area (Å²) in [5, 5.41) is 2.08. The van der Waals surface area contributed by atoms with Gasteiger partial charge in [0.05, 0.1) is 28.4 Å². The third-order valence-corrected chi connectivity index (χ3v) is 4.96. The van der Waals surface area contributed by atoms with Crippen molar-refractivity contribution in [3.8, 4) is 44.6 Å². The second-order valence-corrected chi connectivity index (χ2v) is 6.22. The van der Waals surface area contributed by atoms with E-state index in [9.17, 15) is 0 Å². The number of rotatable bonds is 6. The van der Waals surface area contributed by atoms with Gasteiger partial charge in [0.1, 0.15) is 5.75 Å². The van der Waals surface area contributed by atoms with Crippen molar-refractivity contribution in [2.75, 3.05) is 28.4 Å². The summed E-state index contributed by atoms with van der Waals surface area (Å²) in [7, 11) is 6.52. The molecule has 0 spiro atoms. The number of thiophene rings is 1. The van der Waals surface area contributed by atoms with E-state index in [0.717, 1.165) is 22.4 Å². The van der Waals surface area contributed by atoms with Gasteiger partial charge >= 0.3 is 0 Å². The van der Waals surface area contributed by atoms with Gasteiger partial charge in [0, 0.05) is 10.4 Å². The normalized spacial score (nSPS) is 10.4. The summed E-state index contributed by atoms with van der Waals surface area (Å²) in [6.07, 6.45) is 0. The molecule has 2 aromatic carbocycles. The van der Waals surface area contributed by atoms with Crippen LogP contribution in [0, 0.1) is 0 Å². The van der Waals surface area contributed by atoms with Gasteiger partial charge in [-0.05, 0) is 59.0 Å². The van der Waals surface area contributed by atoms with E-state index in [0.29, 0.717) is 17.2 Å². The van der Waals surface area contributed by atoms with Crippen LogP contribution in [-0.2, 0) is 0 Å². The first-order chi connectivity index (χ1) is 12.2. The second kappa shape index (κ2) is 7.49. The van der Waals surface area contributed by atoms with Crippen LogP contribution in [0.5, 0.6) is 23.0 Å². The summed E-state index contributed by atoms with van der Waals surface area (Å²) in [6.45, 7) is 0. The zero-order chi connectivity index (χ0) is 17.8. The highest BCUT2D eigenvalue weighted by Gasteiger charge is 2.17. The fraction of sp³-hybridized carbons (Fsp3) is 0.200. The van der Waals surface area contributed by atoms with E-state index in [-0.39, 0.29) is 0 Å². The van der Waals surface area contributed by atoms with E-state index < -0.39 is 0 Å². The molecular formula is C20H20O4S. The first kappa shape index (κ1) is 17.2. The highest BCUT2D eigenvalue weighted by Crippen LogP contribution is 2.44. The largest absolute Gasteiger partial charge is 0.497 e. The predicted molar refractivity (Wildman–Crippen MR) is 101 cm³/mol. The van der Waals surface area contributed by atoms with Crippen molar-refractivity contribution >= 4 is 11.3 Å². The predicted octanol–water partition coefficient (Wildman–Crippen LogP) is 5.12. The highest BCUT2D eigenvalue weighted by atomic mass is 32.1. The van der Waals surface area contributed by atoms with Gasteiger partial charge in [0.25, 0.3) is 0 Å². The Morgan fingerprint density at radius 3 is 1.84 bits per heavy atom. The van der Waals surface area contributed by atoms with Crippen LogP contribution in [0.1, 0.15) is 0 Å². The van der Waals surface area contributed by atoms with E-state index in [4.69, 9.17) is 18.9 Å². The van der Waals surface area contributed by atoms with Crippen molar-refractivity contribution in [3.05, 3.63) is 47.8 Å². The van der Waals surface area contributed by atoms with Gasteiger partial charge in [0.2, 0.25) is 5.75 Å². The van der Waals surface area contributed by atoms with Crippen LogP contribution in [0.3, 0.4) is 0 Å². The van der Waals surface area contributed by atoms with Crippen LogP contribution >= 0.6 is 11.3 Å². The lowest BCUT2D eigenvalue weighted by Gasteiger charge is -2.14. The van der Waals surface area contributed by atoms with Crippen LogP contribution in [0.2, 0.25) is 0 Å². The van der Waals surface area contributed by atoms with E-state index in [2.05, 4.69) is 23.6 Å². The number of hydrogen-bond acceptors (Lipinski definition) is 5. The molecule has 0 aliphatic carbocycles. The molecule has 0 fully saturated rings. The summed E-state index contributed by atoms with van der Waals surface area (Å²) >= 11 is 1.69. The molecule has 25 heavy (non-hydrogen) atoms. The molecule has 0 unspecified atom stereocenters. The van der Waals surface area contributed by atoms with Gasteiger partial charge in [-0.3, -0.25) is 0 Å². The molecule has 0 saturated heterocycles. The van der Waals surface area contributed by atoms with Gasteiger partial charge < -0.3 is 18.9 Å². The molecule has 0 radical (unpaired) electrons. The van der Waals surface area contributed by atoms with Crippen LogP contribution in [-0.4, -0.2) is 28.4 Å². The molecule has 0 bridgehead atoms. The molecule has 1 aromatic heterocycles. The molecule has 4 nitrogen and oxygen atoms in total. The summed E-state index contributed by atoms with van der Waals surface area (Å²) < 4.78 is 21.6. The summed E-state index contributed by atoms with van der Waals surface area (Å²) in [5.41, 5.74) is 3.27. The van der Waals surface area contributed by atoms with Gasteiger partial charge in [-0.15, -0.1) is 11.3 Å². The maximum absolute atomic E-state index is 5.48. The number of ether oxygens (including phenoxy) is 4. The smallest absolute Gasteiger partial charge is 0.203 e. The second-order valence-electron chi connectivity index (χ2n) is 5.31. The first-order valence-corrected chi connectivity index (χ1v) is 8.62. The number of methoxy groups -OCH3 is 4. The van der Waals surface area contributed by atoms with Crippen molar-refractivity contribution in [1.82, 2.24) is 0 Å². The van der Waals surface area contributed by atoms with Gasteiger partial charge in [-0.1, -0.05) is 0 Å². The first-order valence-electron chi connectivity index (χ1n) is 7.74. The van der Waals surface area contributed by atoms with Gasteiger partial charge in [0.15, 0.2) is 11.5 Å². The third kappa shape index (κ3) is 3.28. The Kier molecular flexibility index (Phi) is 5.14. The third-order valence-electron chi connectivity index (χ3n) is 3.99. The molecule has 3 rings (SSSR count). The Bertz CT molecular complexity index is 827. The lowest BCUT2D eigenvalue weighted by molar-refractivity contribution is 0.324. The van der Waals surface area contributed by atoms with Crippen LogP contribution < -0.4 is 18.9 Å². The Balaban J connectivity index is 2.10. The van der Waals surface area contributed by atoms with Gasteiger partial charge in [-0.25, -0.2) is 0 Å². The Morgan fingerprint density at radius 1 is 0.680 bits per heavy atom. The lowest BCUT2D eigenvalue weighted by atomic mass is 10.0. The molecule has 0 atom stereocenters. The highest BCUT2D eigenvalue weighted by molar-refractivity contribution is 7.14. The fourth-order valence-electron chi connectivity index (χ4n) is 2.74. The zero-order valence-corrected chi connectivity index (χ0v) is 15.5. The maximum atomic E-state index is 5.48. The molecule has 0 aliphatic rings. The molecule has 0 aliphatic heterocycles. The molecule has 130 valence electrons. The van der Waals surface area contributed by atoms with Gasteiger partial charge in [-0.2, -0.15) is 0 Å². The minimum Gasteiger partial charge on any atom is -0.497 e. The molecule has 5 heteroatoms. The molecule has 0 saturated carbocycles. The lowest BCUT2D eigenvalue weighted by Crippen LogP contribution is -1.95. The number of benzene rings is 2. The van der Waals surface area contributed by atoms with Crippen molar-refractivity contribution in [2.45, 2.75) is 0 Å². The van der Waals surface area contributed by atoms with Crippen molar-refractivity contribution in [2.24, 2.45) is 0 Å². The molecule has 1 heterocycles. The minimum absolute atomic E-state index is 0.593.